The van der Waals surface area contributed by atoms with Gasteiger partial charge in [-0.3, -0.25) is 9.79 Å². The summed E-state index contributed by atoms with van der Waals surface area (Å²) >= 11 is 6.36. The first-order chi connectivity index (χ1) is 19.2. The molecule has 1 aromatic carbocycles. The average Bonchev–Trinajstić information content (AvgIpc) is 3.10. The molecule has 0 radical (unpaired) electrons. The fourth-order valence-electron chi connectivity index (χ4n) is 8.79. The summed E-state index contributed by atoms with van der Waals surface area (Å²) < 4.78 is 0. The number of carbonyl (C=O) groups excluding carboxylic acids is 1. The number of aliphatic imine (C=N–C) groups is 1. The Labute approximate surface area is 248 Å². The fraction of sp³-hybridized carbons (Fsp3) is 0.714. The predicted molar refractivity (Wildman–Crippen MR) is 168 cm³/mol. The number of nitrogens with zero attached hydrogens (tertiary/aromatic N) is 1. The van der Waals surface area contributed by atoms with E-state index in [9.17, 15) is 4.79 Å². The number of fused-ring (bicyclic) bond motifs is 2. The molecule has 4 aliphatic rings. The lowest BCUT2D eigenvalue weighted by Gasteiger charge is -2.50. The molecule has 4 saturated carbocycles. The highest BCUT2D eigenvalue weighted by Gasteiger charge is 2.44. The van der Waals surface area contributed by atoms with Crippen molar-refractivity contribution >= 4 is 23.2 Å². The number of rotatable bonds is 6. The first-order valence-electron chi connectivity index (χ1n) is 16.3. The third-order valence-corrected chi connectivity index (χ3v) is 11.0. The van der Waals surface area contributed by atoms with Gasteiger partial charge in [-0.05, 0) is 118 Å². The Kier molecular flexibility index (Phi) is 9.65. The molecule has 220 valence electrons. The molecule has 0 aliphatic heterocycles. The molecule has 4 atom stereocenters. The minimum absolute atomic E-state index is 0.0902. The minimum atomic E-state index is -0.0902. The molecular formula is C35H52ClN3O. The predicted octanol–water partition coefficient (Wildman–Crippen LogP) is 8.42. The Morgan fingerprint density at radius 3 is 2.48 bits per heavy atom. The summed E-state index contributed by atoms with van der Waals surface area (Å²) in [5, 5.41) is 4.18. The van der Waals surface area contributed by atoms with Gasteiger partial charge in [-0.1, -0.05) is 63.3 Å². The molecule has 0 aromatic heterocycles. The van der Waals surface area contributed by atoms with E-state index in [-0.39, 0.29) is 23.3 Å². The van der Waals surface area contributed by atoms with E-state index >= 15 is 0 Å². The highest BCUT2D eigenvalue weighted by Crippen LogP contribution is 2.51. The van der Waals surface area contributed by atoms with Gasteiger partial charge < -0.3 is 11.1 Å². The smallest absolute Gasteiger partial charge is 0.267 e. The number of hydrogen-bond donors (Lipinski definition) is 2. The van der Waals surface area contributed by atoms with Crippen LogP contribution in [0, 0.1) is 29.1 Å². The van der Waals surface area contributed by atoms with Crippen LogP contribution >= 0.6 is 11.6 Å². The second kappa shape index (κ2) is 13.0. The number of hydrogen-bond acceptors (Lipinski definition) is 3. The van der Waals surface area contributed by atoms with E-state index in [1.165, 1.54) is 56.9 Å². The van der Waals surface area contributed by atoms with Crippen molar-refractivity contribution < 1.29 is 4.79 Å². The van der Waals surface area contributed by atoms with Crippen LogP contribution < -0.4 is 11.1 Å². The Hall–Kier alpha value is -1.81. The number of nitrogens with one attached hydrogen (secondary N) is 1. The molecule has 4 fully saturated rings. The van der Waals surface area contributed by atoms with E-state index in [0.717, 1.165) is 79.0 Å². The lowest BCUT2D eigenvalue weighted by molar-refractivity contribution is -0.119. The van der Waals surface area contributed by atoms with E-state index in [4.69, 9.17) is 22.3 Å². The van der Waals surface area contributed by atoms with Gasteiger partial charge in [0.05, 0.1) is 6.04 Å². The van der Waals surface area contributed by atoms with Crippen molar-refractivity contribution in [3.8, 4) is 0 Å². The average molecular weight is 566 g/mol. The van der Waals surface area contributed by atoms with Crippen LogP contribution in [0.15, 0.2) is 40.5 Å². The van der Waals surface area contributed by atoms with E-state index in [2.05, 4.69) is 38.2 Å². The summed E-state index contributed by atoms with van der Waals surface area (Å²) in [5.74, 6) is 2.61. The Balaban J connectivity index is 1.39. The summed E-state index contributed by atoms with van der Waals surface area (Å²) in [6.45, 7) is 7.03. The van der Waals surface area contributed by atoms with Gasteiger partial charge in [-0.15, -0.1) is 0 Å². The van der Waals surface area contributed by atoms with Crippen LogP contribution in [0.25, 0.3) is 0 Å². The molecule has 1 aromatic rings. The Bertz CT molecular complexity index is 1090. The van der Waals surface area contributed by atoms with Gasteiger partial charge in [0, 0.05) is 28.3 Å². The lowest BCUT2D eigenvalue weighted by atomic mass is 9.57. The van der Waals surface area contributed by atoms with Gasteiger partial charge in [0.2, 0.25) is 0 Å². The van der Waals surface area contributed by atoms with Crippen LogP contribution in [0.2, 0.25) is 5.02 Å². The first-order valence-corrected chi connectivity index (χ1v) is 16.7. The van der Waals surface area contributed by atoms with Gasteiger partial charge in [0.1, 0.15) is 5.70 Å². The lowest BCUT2D eigenvalue weighted by Crippen LogP contribution is -2.50. The maximum atomic E-state index is 13.8. The maximum absolute atomic E-state index is 13.8. The molecule has 1 amide bonds. The number of allylic oxidation sites excluding steroid dienone is 1. The SMILES string of the molecule is CC1CC2CC(C1)CC(C)(C(C)NC(=O)/C(N)=C1\CCCCC(Cc3cccc(Cl)c3)C1=NC1CCCCC1)C2. The highest BCUT2D eigenvalue weighted by molar-refractivity contribution is 6.30. The van der Waals surface area contributed by atoms with E-state index < -0.39 is 0 Å². The molecule has 5 rings (SSSR count). The van der Waals surface area contributed by atoms with E-state index in [0.29, 0.717) is 11.7 Å². The van der Waals surface area contributed by atoms with Gasteiger partial charge in [-0.2, -0.15) is 0 Å². The summed E-state index contributed by atoms with van der Waals surface area (Å²) in [5.41, 5.74) is 10.7. The monoisotopic (exact) mass is 565 g/mol. The van der Waals surface area contributed by atoms with E-state index in [1.807, 2.05) is 12.1 Å². The normalized spacial score (nSPS) is 34.6. The van der Waals surface area contributed by atoms with Crippen molar-refractivity contribution in [1.82, 2.24) is 5.32 Å². The van der Waals surface area contributed by atoms with Crippen LogP contribution in [0.4, 0.5) is 0 Å². The molecule has 40 heavy (non-hydrogen) atoms. The van der Waals surface area contributed by atoms with E-state index in [1.54, 1.807) is 0 Å². The number of halogens is 1. The van der Waals surface area contributed by atoms with Crippen molar-refractivity contribution in [2.75, 3.05) is 0 Å². The van der Waals surface area contributed by atoms with Crippen molar-refractivity contribution in [2.45, 2.75) is 129 Å². The third kappa shape index (κ3) is 7.15. The van der Waals surface area contributed by atoms with Crippen molar-refractivity contribution in [1.29, 1.82) is 0 Å². The van der Waals surface area contributed by atoms with Gasteiger partial charge in [0.15, 0.2) is 0 Å². The second-order valence-corrected chi connectivity index (χ2v) is 14.7. The van der Waals surface area contributed by atoms with Crippen LogP contribution in [-0.2, 0) is 11.2 Å². The zero-order valence-corrected chi connectivity index (χ0v) is 25.9. The first kappa shape index (κ1) is 29.7. The van der Waals surface area contributed by atoms with Crippen LogP contribution in [0.1, 0.15) is 116 Å². The molecule has 0 spiro atoms. The number of amides is 1. The van der Waals surface area contributed by atoms with Gasteiger partial charge in [-0.25, -0.2) is 0 Å². The number of benzene rings is 1. The third-order valence-electron chi connectivity index (χ3n) is 10.8. The maximum Gasteiger partial charge on any atom is 0.267 e. The summed E-state index contributed by atoms with van der Waals surface area (Å²) in [6, 6.07) is 8.66. The van der Waals surface area contributed by atoms with Crippen molar-refractivity contribution in [2.24, 2.45) is 39.8 Å². The van der Waals surface area contributed by atoms with Gasteiger partial charge in [0.25, 0.3) is 5.91 Å². The molecule has 0 saturated heterocycles. The highest BCUT2D eigenvalue weighted by atomic mass is 35.5. The molecule has 4 unspecified atom stereocenters. The topological polar surface area (TPSA) is 67.5 Å². The molecule has 4 aliphatic carbocycles. The zero-order valence-electron chi connectivity index (χ0n) is 25.2. The Morgan fingerprint density at radius 2 is 1.77 bits per heavy atom. The summed E-state index contributed by atoms with van der Waals surface area (Å²) in [4.78, 5) is 19.3. The Morgan fingerprint density at radius 1 is 1.07 bits per heavy atom. The standard InChI is InChI=1S/C35H52ClN3O/c1-23-16-26-18-27(17-23)22-35(3,21-26)24(2)38-34(40)32(37)31-15-8-7-11-28(19-25-10-9-12-29(36)20-25)33(31)39-30-13-5-4-6-14-30/h9-10,12,20,23-24,26-28,30H,4-8,11,13-19,21-22,37H2,1-3H3,(H,38,40)/b32-31-,39-33?. The van der Waals surface area contributed by atoms with Crippen molar-refractivity contribution in [3.63, 3.8) is 0 Å². The van der Waals surface area contributed by atoms with Crippen LogP contribution in [-0.4, -0.2) is 23.7 Å². The molecule has 3 N–H and O–H groups in total. The molecular weight excluding hydrogens is 514 g/mol. The number of carbonyl (C=O) groups is 1. The summed E-state index contributed by atoms with van der Waals surface area (Å²) in [6.07, 6.45) is 17.5. The number of nitrogens with two attached hydrogens (primary N) is 1. The quantitative estimate of drug-likeness (QED) is 0.268. The molecule has 2 bridgehead atoms. The summed E-state index contributed by atoms with van der Waals surface area (Å²) in [7, 11) is 0. The molecule has 5 heteroatoms. The van der Waals surface area contributed by atoms with Crippen LogP contribution in [0.3, 0.4) is 0 Å². The minimum Gasteiger partial charge on any atom is -0.394 e. The largest absolute Gasteiger partial charge is 0.394 e. The zero-order chi connectivity index (χ0) is 28.3. The van der Waals surface area contributed by atoms with Crippen LogP contribution in [0.5, 0.6) is 0 Å². The van der Waals surface area contributed by atoms with Crippen molar-refractivity contribution in [3.05, 3.63) is 46.1 Å². The van der Waals surface area contributed by atoms with Gasteiger partial charge >= 0.3 is 0 Å². The molecule has 0 heterocycles. The second-order valence-electron chi connectivity index (χ2n) is 14.3. The fourth-order valence-corrected chi connectivity index (χ4v) is 9.00. The molecule has 4 nitrogen and oxygen atoms in total.